The van der Waals surface area contributed by atoms with E-state index in [-0.39, 0.29) is 5.91 Å². The van der Waals surface area contributed by atoms with Crippen LogP contribution in [0.25, 0.3) is 11.3 Å². The molecule has 1 atom stereocenters. The van der Waals surface area contributed by atoms with Crippen molar-refractivity contribution < 1.29 is 14.3 Å². The highest BCUT2D eigenvalue weighted by molar-refractivity contribution is 5.85. The summed E-state index contributed by atoms with van der Waals surface area (Å²) in [4.78, 5) is 25.8. The second kappa shape index (κ2) is 7.59. The minimum absolute atomic E-state index is 0.0996. The number of carbonyl (C=O) groups excluding carboxylic acids is 2. The first-order chi connectivity index (χ1) is 12.5. The van der Waals surface area contributed by atoms with Gasteiger partial charge in [-0.2, -0.15) is 5.10 Å². The van der Waals surface area contributed by atoms with Crippen LogP contribution >= 0.6 is 0 Å². The maximum Gasteiger partial charge on any atom is 0.407 e. The van der Waals surface area contributed by atoms with Crippen LogP contribution in [0.4, 0.5) is 4.79 Å². The summed E-state index contributed by atoms with van der Waals surface area (Å²) in [6, 6.07) is 9.49. The van der Waals surface area contributed by atoms with Crippen LogP contribution in [-0.2, 0) is 29.4 Å². The van der Waals surface area contributed by atoms with Crippen LogP contribution in [0.2, 0.25) is 0 Å². The van der Waals surface area contributed by atoms with Gasteiger partial charge in [-0.1, -0.05) is 30.3 Å². The van der Waals surface area contributed by atoms with Crippen molar-refractivity contribution in [1.29, 1.82) is 0 Å². The lowest BCUT2D eigenvalue weighted by Gasteiger charge is -2.24. The van der Waals surface area contributed by atoms with E-state index in [1.165, 1.54) is 12.7 Å². The maximum atomic E-state index is 12.6. The first kappa shape index (κ1) is 18.0. The van der Waals surface area contributed by atoms with Crippen LogP contribution in [0.1, 0.15) is 18.2 Å². The molecular formula is C19H24N4O3. The molecule has 3 rings (SSSR count). The Labute approximate surface area is 152 Å². The third-order valence-corrected chi connectivity index (χ3v) is 4.77. The summed E-state index contributed by atoms with van der Waals surface area (Å²) in [7, 11) is 3.23. The molecule has 0 saturated heterocycles. The third-order valence-electron chi connectivity index (χ3n) is 4.77. The molecule has 1 aromatic heterocycles. The molecule has 2 aromatic rings. The zero-order valence-corrected chi connectivity index (χ0v) is 15.4. The number of methoxy groups -OCH3 is 1. The molecule has 2 amide bonds. The summed E-state index contributed by atoms with van der Waals surface area (Å²) in [5.74, 6) is -0.0996. The SMILES string of the molecule is COC(=O)NC(C)C(=O)N1CCc2c(-c3ccccc3)nn(C)c2CC1. The molecule has 1 aliphatic heterocycles. The number of hydrogen-bond donors (Lipinski definition) is 1. The van der Waals surface area contributed by atoms with Gasteiger partial charge in [0.2, 0.25) is 5.91 Å². The molecule has 1 aliphatic rings. The first-order valence-electron chi connectivity index (χ1n) is 8.74. The Morgan fingerprint density at radius 3 is 2.58 bits per heavy atom. The first-order valence-corrected chi connectivity index (χ1v) is 8.74. The van der Waals surface area contributed by atoms with Crippen molar-refractivity contribution in [2.75, 3.05) is 20.2 Å². The number of hydrogen-bond acceptors (Lipinski definition) is 4. The number of alkyl carbamates (subject to hydrolysis) is 1. The Balaban J connectivity index is 1.77. The summed E-state index contributed by atoms with van der Waals surface area (Å²) in [5, 5.41) is 7.24. The number of aromatic nitrogens is 2. The Morgan fingerprint density at radius 2 is 1.88 bits per heavy atom. The van der Waals surface area contributed by atoms with Gasteiger partial charge in [0.1, 0.15) is 6.04 Å². The van der Waals surface area contributed by atoms with Gasteiger partial charge in [-0.25, -0.2) is 4.79 Å². The van der Waals surface area contributed by atoms with Gasteiger partial charge >= 0.3 is 6.09 Å². The van der Waals surface area contributed by atoms with Crippen LogP contribution in [0.15, 0.2) is 30.3 Å². The molecule has 1 aromatic carbocycles. The molecule has 0 spiro atoms. The molecule has 0 fully saturated rings. The molecule has 0 radical (unpaired) electrons. The molecular weight excluding hydrogens is 332 g/mol. The van der Waals surface area contributed by atoms with Gasteiger partial charge in [-0.3, -0.25) is 9.48 Å². The molecule has 1 N–H and O–H groups in total. The van der Waals surface area contributed by atoms with E-state index in [9.17, 15) is 9.59 Å². The Hall–Kier alpha value is -2.83. The van der Waals surface area contributed by atoms with Crippen LogP contribution in [0.3, 0.4) is 0 Å². The highest BCUT2D eigenvalue weighted by atomic mass is 16.5. The predicted molar refractivity (Wildman–Crippen MR) is 97.6 cm³/mol. The molecule has 7 heteroatoms. The van der Waals surface area contributed by atoms with E-state index in [2.05, 4.69) is 22.2 Å². The van der Waals surface area contributed by atoms with E-state index in [0.29, 0.717) is 13.1 Å². The van der Waals surface area contributed by atoms with E-state index in [1.54, 1.807) is 11.8 Å². The topological polar surface area (TPSA) is 76.5 Å². The Kier molecular flexibility index (Phi) is 5.25. The fraction of sp³-hybridized carbons (Fsp3) is 0.421. The molecule has 138 valence electrons. The smallest absolute Gasteiger partial charge is 0.407 e. The van der Waals surface area contributed by atoms with Crippen molar-refractivity contribution in [2.45, 2.75) is 25.8 Å². The van der Waals surface area contributed by atoms with Crippen LogP contribution in [0.5, 0.6) is 0 Å². The zero-order chi connectivity index (χ0) is 18.7. The van der Waals surface area contributed by atoms with E-state index in [4.69, 9.17) is 5.10 Å². The molecule has 7 nitrogen and oxygen atoms in total. The van der Waals surface area contributed by atoms with Gasteiger partial charge in [-0.15, -0.1) is 0 Å². The number of rotatable bonds is 3. The van der Waals surface area contributed by atoms with Crippen molar-refractivity contribution >= 4 is 12.0 Å². The normalized spacial score (nSPS) is 15.0. The lowest BCUT2D eigenvalue weighted by Crippen LogP contribution is -2.47. The molecule has 0 bridgehead atoms. The van der Waals surface area contributed by atoms with Gasteiger partial charge in [0.25, 0.3) is 0 Å². The monoisotopic (exact) mass is 356 g/mol. The highest BCUT2D eigenvalue weighted by Crippen LogP contribution is 2.28. The Bertz CT molecular complexity index is 801. The van der Waals surface area contributed by atoms with Gasteiger partial charge in [0.05, 0.1) is 12.8 Å². The van der Waals surface area contributed by atoms with Crippen molar-refractivity contribution in [2.24, 2.45) is 7.05 Å². The van der Waals surface area contributed by atoms with Crippen molar-refractivity contribution in [3.8, 4) is 11.3 Å². The lowest BCUT2D eigenvalue weighted by atomic mass is 10.0. The summed E-state index contributed by atoms with van der Waals surface area (Å²) in [6.07, 6.45) is 0.881. The second-order valence-corrected chi connectivity index (χ2v) is 6.45. The number of amides is 2. The Morgan fingerprint density at radius 1 is 1.19 bits per heavy atom. The number of aryl methyl sites for hydroxylation is 1. The average Bonchev–Trinajstić information content (AvgIpc) is 2.83. The van der Waals surface area contributed by atoms with Crippen LogP contribution < -0.4 is 5.32 Å². The fourth-order valence-corrected chi connectivity index (χ4v) is 3.40. The highest BCUT2D eigenvalue weighted by Gasteiger charge is 2.27. The van der Waals surface area contributed by atoms with Crippen LogP contribution in [-0.4, -0.2) is 52.9 Å². The number of nitrogens with zero attached hydrogens (tertiary/aromatic N) is 3. The third kappa shape index (κ3) is 3.56. The van der Waals surface area contributed by atoms with E-state index in [0.717, 1.165) is 29.8 Å². The summed E-state index contributed by atoms with van der Waals surface area (Å²) in [6.45, 7) is 2.88. The minimum Gasteiger partial charge on any atom is -0.453 e. The van der Waals surface area contributed by atoms with E-state index in [1.807, 2.05) is 29.9 Å². The molecule has 0 saturated carbocycles. The zero-order valence-electron chi connectivity index (χ0n) is 15.4. The molecule has 0 aliphatic carbocycles. The standard InChI is InChI=1S/C19H24N4O3/c1-13(20-19(25)26-3)18(24)23-11-9-15-16(10-12-23)22(2)21-17(15)14-7-5-4-6-8-14/h4-8,13H,9-12H2,1-3H3,(H,20,25). The number of nitrogens with one attached hydrogen (secondary N) is 1. The van der Waals surface area contributed by atoms with Crippen molar-refractivity contribution in [3.05, 3.63) is 41.6 Å². The van der Waals surface area contributed by atoms with E-state index < -0.39 is 12.1 Å². The number of ether oxygens (including phenoxy) is 1. The molecule has 26 heavy (non-hydrogen) atoms. The molecule has 2 heterocycles. The lowest BCUT2D eigenvalue weighted by molar-refractivity contribution is -0.132. The molecule has 1 unspecified atom stereocenters. The quantitative estimate of drug-likeness (QED) is 0.909. The van der Waals surface area contributed by atoms with Gasteiger partial charge in [-0.05, 0) is 13.3 Å². The second-order valence-electron chi connectivity index (χ2n) is 6.45. The summed E-state index contributed by atoms with van der Waals surface area (Å²) in [5.41, 5.74) is 4.43. The maximum absolute atomic E-state index is 12.6. The van der Waals surface area contributed by atoms with Gasteiger partial charge in [0.15, 0.2) is 0 Å². The minimum atomic E-state index is -0.615. The van der Waals surface area contributed by atoms with Gasteiger partial charge < -0.3 is 15.0 Å². The number of carbonyl (C=O) groups is 2. The summed E-state index contributed by atoms with van der Waals surface area (Å²) >= 11 is 0. The predicted octanol–water partition coefficient (Wildman–Crippen LogP) is 1.76. The summed E-state index contributed by atoms with van der Waals surface area (Å²) < 4.78 is 6.49. The average molecular weight is 356 g/mol. The van der Waals surface area contributed by atoms with Crippen molar-refractivity contribution in [3.63, 3.8) is 0 Å². The van der Waals surface area contributed by atoms with Crippen LogP contribution in [0, 0.1) is 0 Å². The fourth-order valence-electron chi connectivity index (χ4n) is 3.40. The number of fused-ring (bicyclic) bond motifs is 1. The van der Waals surface area contributed by atoms with Crippen molar-refractivity contribution in [1.82, 2.24) is 20.0 Å². The largest absolute Gasteiger partial charge is 0.453 e. The number of benzene rings is 1. The van der Waals surface area contributed by atoms with Gasteiger partial charge in [0, 0.05) is 43.4 Å². The van der Waals surface area contributed by atoms with E-state index >= 15 is 0 Å².